The summed E-state index contributed by atoms with van der Waals surface area (Å²) in [5.74, 6) is 0.716. The second kappa shape index (κ2) is 7.85. The Bertz CT molecular complexity index is 670. The molecule has 0 amide bonds. The van der Waals surface area contributed by atoms with Gasteiger partial charge in [0.25, 0.3) is 5.56 Å². The molecular formula is C16H25N3O2S. The molecule has 2 rings (SSSR count). The van der Waals surface area contributed by atoms with Gasteiger partial charge in [0.05, 0.1) is 11.9 Å². The van der Waals surface area contributed by atoms with E-state index in [9.17, 15) is 4.79 Å². The van der Waals surface area contributed by atoms with Gasteiger partial charge in [-0.25, -0.2) is 4.98 Å². The molecule has 0 atom stereocenters. The Labute approximate surface area is 135 Å². The summed E-state index contributed by atoms with van der Waals surface area (Å²) in [7, 11) is 0. The molecule has 122 valence electrons. The fraction of sp³-hybridized carbons (Fsp3) is 0.625. The number of aliphatic hydroxyl groups is 1. The van der Waals surface area contributed by atoms with Crippen molar-refractivity contribution in [2.24, 2.45) is 0 Å². The monoisotopic (exact) mass is 323 g/mol. The minimum absolute atomic E-state index is 0.0422. The normalized spacial score (nSPS) is 11.7. The molecule has 0 bridgehead atoms. The lowest BCUT2D eigenvalue weighted by atomic mass is 10.2. The van der Waals surface area contributed by atoms with Crippen molar-refractivity contribution < 1.29 is 5.11 Å². The molecule has 0 aliphatic rings. The maximum Gasteiger partial charge on any atom is 0.259 e. The first kappa shape index (κ1) is 17.1. The third-order valence-corrected chi connectivity index (χ3v) is 5.02. The standard InChI is InChI=1S/C16H25N3O2S/c1-4-5-7-19(8-6-9-20)10-13-17-15(21)14-11(2)12(3)22-16(14)18-13/h20H,4-10H2,1-3H3,(H,17,18,21). The topological polar surface area (TPSA) is 69.2 Å². The van der Waals surface area contributed by atoms with Gasteiger partial charge < -0.3 is 10.1 Å². The van der Waals surface area contributed by atoms with Gasteiger partial charge in [-0.2, -0.15) is 0 Å². The maximum absolute atomic E-state index is 12.3. The number of aromatic amines is 1. The van der Waals surface area contributed by atoms with Crippen LogP contribution in [0.25, 0.3) is 10.2 Å². The molecule has 0 spiro atoms. The first-order valence-corrected chi connectivity index (χ1v) is 8.70. The molecule has 2 aromatic heterocycles. The zero-order valence-corrected chi connectivity index (χ0v) is 14.4. The molecule has 6 heteroatoms. The zero-order valence-electron chi connectivity index (χ0n) is 13.6. The van der Waals surface area contributed by atoms with Crippen LogP contribution < -0.4 is 5.56 Å². The summed E-state index contributed by atoms with van der Waals surface area (Å²) in [5, 5.41) is 9.75. The predicted octanol–water partition coefficient (Wildman–Crippen LogP) is 2.59. The number of H-pyrrole nitrogens is 1. The van der Waals surface area contributed by atoms with Gasteiger partial charge in [0.1, 0.15) is 10.7 Å². The van der Waals surface area contributed by atoms with E-state index < -0.39 is 0 Å². The Kier molecular flexibility index (Phi) is 6.11. The number of fused-ring (bicyclic) bond motifs is 1. The van der Waals surface area contributed by atoms with Crippen LogP contribution in [0, 0.1) is 13.8 Å². The molecule has 5 nitrogen and oxygen atoms in total. The molecule has 0 unspecified atom stereocenters. The Morgan fingerprint density at radius 1 is 1.27 bits per heavy atom. The summed E-state index contributed by atoms with van der Waals surface area (Å²) < 4.78 is 0. The van der Waals surface area contributed by atoms with E-state index in [0.717, 1.165) is 53.0 Å². The molecule has 22 heavy (non-hydrogen) atoms. The van der Waals surface area contributed by atoms with E-state index in [4.69, 9.17) is 5.11 Å². The third kappa shape index (κ3) is 3.94. The zero-order chi connectivity index (χ0) is 16.1. The van der Waals surface area contributed by atoms with Crippen molar-refractivity contribution in [1.29, 1.82) is 0 Å². The Balaban J connectivity index is 2.23. The summed E-state index contributed by atoms with van der Waals surface area (Å²) >= 11 is 1.58. The molecule has 0 saturated heterocycles. The highest BCUT2D eigenvalue weighted by Gasteiger charge is 2.13. The summed E-state index contributed by atoms with van der Waals surface area (Å²) in [6, 6.07) is 0. The van der Waals surface area contributed by atoms with Crippen LogP contribution >= 0.6 is 11.3 Å². The lowest BCUT2D eigenvalue weighted by Crippen LogP contribution is -2.28. The van der Waals surface area contributed by atoms with Gasteiger partial charge in [0, 0.05) is 18.0 Å². The molecule has 0 aliphatic heterocycles. The van der Waals surface area contributed by atoms with Crippen molar-refractivity contribution in [3.05, 3.63) is 26.6 Å². The lowest BCUT2D eigenvalue weighted by Gasteiger charge is -2.21. The number of hydrogen-bond acceptors (Lipinski definition) is 5. The minimum atomic E-state index is -0.0422. The van der Waals surface area contributed by atoms with Crippen LogP contribution in [0.1, 0.15) is 42.5 Å². The molecular weight excluding hydrogens is 298 g/mol. The fourth-order valence-electron chi connectivity index (χ4n) is 2.53. The molecule has 0 aromatic carbocycles. The van der Waals surface area contributed by atoms with Crippen molar-refractivity contribution in [2.75, 3.05) is 19.7 Å². The van der Waals surface area contributed by atoms with E-state index in [0.29, 0.717) is 12.4 Å². The average Bonchev–Trinajstić information content (AvgIpc) is 2.77. The number of aliphatic hydroxyl groups excluding tert-OH is 1. The number of unbranched alkanes of at least 4 members (excludes halogenated alkanes) is 1. The van der Waals surface area contributed by atoms with Crippen LogP contribution in [0.2, 0.25) is 0 Å². The first-order chi connectivity index (χ1) is 10.6. The van der Waals surface area contributed by atoms with Crippen LogP contribution in [0.4, 0.5) is 0 Å². The lowest BCUT2D eigenvalue weighted by molar-refractivity contribution is 0.213. The molecule has 0 radical (unpaired) electrons. The maximum atomic E-state index is 12.3. The Morgan fingerprint density at radius 3 is 2.68 bits per heavy atom. The molecule has 2 N–H and O–H groups in total. The molecule has 2 heterocycles. The van der Waals surface area contributed by atoms with Gasteiger partial charge in [0.2, 0.25) is 0 Å². The summed E-state index contributed by atoms with van der Waals surface area (Å²) in [6.45, 7) is 8.75. The highest BCUT2D eigenvalue weighted by atomic mass is 32.1. The van der Waals surface area contributed by atoms with E-state index in [-0.39, 0.29) is 12.2 Å². The quantitative estimate of drug-likeness (QED) is 0.783. The van der Waals surface area contributed by atoms with E-state index in [2.05, 4.69) is 21.8 Å². The Morgan fingerprint density at radius 2 is 2.00 bits per heavy atom. The van der Waals surface area contributed by atoms with Crippen molar-refractivity contribution in [3.8, 4) is 0 Å². The fourth-order valence-corrected chi connectivity index (χ4v) is 3.58. The van der Waals surface area contributed by atoms with Crippen LogP contribution in [-0.2, 0) is 6.54 Å². The van der Waals surface area contributed by atoms with Crippen LogP contribution in [0.5, 0.6) is 0 Å². The van der Waals surface area contributed by atoms with Gasteiger partial charge in [0.15, 0.2) is 0 Å². The van der Waals surface area contributed by atoms with Crippen molar-refractivity contribution in [2.45, 2.75) is 46.6 Å². The second-order valence-corrected chi connectivity index (χ2v) is 6.89. The largest absolute Gasteiger partial charge is 0.396 e. The minimum Gasteiger partial charge on any atom is -0.396 e. The van der Waals surface area contributed by atoms with Crippen LogP contribution in [0.15, 0.2) is 4.79 Å². The van der Waals surface area contributed by atoms with E-state index in [1.165, 1.54) is 0 Å². The van der Waals surface area contributed by atoms with Gasteiger partial charge in [-0.05, 0) is 38.8 Å². The number of nitrogens with zero attached hydrogens (tertiary/aromatic N) is 2. The van der Waals surface area contributed by atoms with Gasteiger partial charge >= 0.3 is 0 Å². The van der Waals surface area contributed by atoms with E-state index >= 15 is 0 Å². The smallest absolute Gasteiger partial charge is 0.259 e. The SMILES string of the molecule is CCCCN(CCCO)Cc1nc2sc(C)c(C)c2c(=O)[nH]1. The van der Waals surface area contributed by atoms with Crippen LogP contribution in [0.3, 0.4) is 0 Å². The summed E-state index contributed by atoms with van der Waals surface area (Å²) in [5.41, 5.74) is 0.989. The summed E-state index contributed by atoms with van der Waals surface area (Å²) in [4.78, 5) is 24.1. The molecule has 2 aromatic rings. The molecule has 0 saturated carbocycles. The number of aryl methyl sites for hydroxylation is 2. The predicted molar refractivity (Wildman–Crippen MR) is 91.6 cm³/mol. The second-order valence-electron chi connectivity index (χ2n) is 5.68. The van der Waals surface area contributed by atoms with Crippen molar-refractivity contribution >= 4 is 21.6 Å². The van der Waals surface area contributed by atoms with Gasteiger partial charge in [-0.1, -0.05) is 13.3 Å². The highest BCUT2D eigenvalue weighted by Crippen LogP contribution is 2.25. The highest BCUT2D eigenvalue weighted by molar-refractivity contribution is 7.18. The first-order valence-electron chi connectivity index (χ1n) is 7.89. The van der Waals surface area contributed by atoms with E-state index in [1.807, 2.05) is 13.8 Å². The van der Waals surface area contributed by atoms with Gasteiger partial charge in [-0.15, -0.1) is 11.3 Å². The number of nitrogens with one attached hydrogen (secondary N) is 1. The average molecular weight is 323 g/mol. The summed E-state index contributed by atoms with van der Waals surface area (Å²) in [6.07, 6.45) is 2.98. The van der Waals surface area contributed by atoms with Crippen molar-refractivity contribution in [1.82, 2.24) is 14.9 Å². The molecule has 0 fully saturated rings. The number of hydrogen-bond donors (Lipinski definition) is 2. The van der Waals surface area contributed by atoms with Crippen molar-refractivity contribution in [3.63, 3.8) is 0 Å². The number of rotatable bonds is 8. The molecule has 0 aliphatic carbocycles. The number of aromatic nitrogens is 2. The number of thiophene rings is 1. The van der Waals surface area contributed by atoms with Gasteiger partial charge in [-0.3, -0.25) is 9.69 Å². The van der Waals surface area contributed by atoms with Crippen LogP contribution in [-0.4, -0.2) is 39.7 Å². The third-order valence-electron chi connectivity index (χ3n) is 3.92. The van der Waals surface area contributed by atoms with E-state index in [1.54, 1.807) is 11.3 Å². The Hall–Kier alpha value is -1.24.